The fourth-order valence-corrected chi connectivity index (χ4v) is 2.18. The van der Waals surface area contributed by atoms with Crippen molar-refractivity contribution in [3.63, 3.8) is 0 Å². The van der Waals surface area contributed by atoms with Crippen molar-refractivity contribution in [2.75, 3.05) is 13.2 Å². The van der Waals surface area contributed by atoms with Gasteiger partial charge in [-0.05, 0) is 13.0 Å². The summed E-state index contributed by atoms with van der Waals surface area (Å²) in [6, 6.07) is 6.12. The van der Waals surface area contributed by atoms with Crippen LogP contribution in [0.3, 0.4) is 0 Å². The monoisotopic (exact) mass is 343 g/mol. The number of H-pyrrole nitrogens is 1. The topological polar surface area (TPSA) is 84.1 Å². The highest BCUT2D eigenvalue weighted by Gasteiger charge is 2.27. The van der Waals surface area contributed by atoms with Crippen LogP contribution >= 0.6 is 0 Å². The smallest absolute Gasteiger partial charge is 0.370 e. The molecule has 9 heteroatoms. The number of nitrogens with zero attached hydrogens (tertiary/aromatic N) is 1. The highest BCUT2D eigenvalue weighted by atomic mass is 19.4. The van der Waals surface area contributed by atoms with Gasteiger partial charge in [0.15, 0.2) is 0 Å². The van der Waals surface area contributed by atoms with Crippen LogP contribution in [0.2, 0.25) is 0 Å². The molecular formula is C15H16F3N3O3. The maximum Gasteiger partial charge on any atom is 0.411 e. The van der Waals surface area contributed by atoms with Gasteiger partial charge in [-0.25, -0.2) is 5.10 Å². The molecule has 0 bridgehead atoms. The van der Waals surface area contributed by atoms with Crippen molar-refractivity contribution in [3.05, 3.63) is 40.3 Å². The number of halogens is 3. The lowest BCUT2D eigenvalue weighted by Gasteiger charge is -2.15. The number of amides is 1. The third-order valence-electron chi connectivity index (χ3n) is 3.14. The fraction of sp³-hybridized carbons (Fsp3) is 0.400. The fourth-order valence-electron chi connectivity index (χ4n) is 2.18. The Morgan fingerprint density at radius 1 is 1.33 bits per heavy atom. The van der Waals surface area contributed by atoms with Crippen molar-refractivity contribution in [2.45, 2.75) is 25.6 Å². The van der Waals surface area contributed by atoms with Gasteiger partial charge in [0.2, 0.25) is 5.91 Å². The maximum atomic E-state index is 12.0. The van der Waals surface area contributed by atoms with E-state index in [0.717, 1.165) is 0 Å². The molecule has 1 aromatic heterocycles. The van der Waals surface area contributed by atoms with Crippen molar-refractivity contribution in [1.29, 1.82) is 0 Å². The molecule has 2 rings (SSSR count). The maximum absolute atomic E-state index is 12.0. The van der Waals surface area contributed by atoms with Gasteiger partial charge in [0.25, 0.3) is 5.56 Å². The molecule has 1 unspecified atom stereocenters. The SMILES string of the molecule is CC(COCC(F)(F)F)NC(=O)Cc1n[nH]c(=O)c2ccccc12. The summed E-state index contributed by atoms with van der Waals surface area (Å²) in [5.74, 6) is -0.428. The Labute approximate surface area is 135 Å². The number of ether oxygens (including phenoxy) is 1. The van der Waals surface area contributed by atoms with Crippen LogP contribution < -0.4 is 10.9 Å². The van der Waals surface area contributed by atoms with E-state index < -0.39 is 24.7 Å². The van der Waals surface area contributed by atoms with Crippen molar-refractivity contribution in [2.24, 2.45) is 0 Å². The first kappa shape index (κ1) is 17.9. The van der Waals surface area contributed by atoms with E-state index in [1.54, 1.807) is 24.3 Å². The van der Waals surface area contributed by atoms with Crippen molar-refractivity contribution >= 4 is 16.7 Å². The Hall–Kier alpha value is -2.42. The Balaban J connectivity index is 1.96. The molecule has 2 N–H and O–H groups in total. The number of carbonyl (C=O) groups excluding carboxylic acids is 1. The first-order chi connectivity index (χ1) is 11.3. The standard InChI is InChI=1S/C15H16F3N3O3/c1-9(7-24-8-15(16,17)18)19-13(22)6-12-10-4-2-3-5-11(10)14(23)21-20-12/h2-5,9H,6-8H2,1H3,(H,19,22)(H,21,23). The quantitative estimate of drug-likeness (QED) is 0.833. The highest BCUT2D eigenvalue weighted by molar-refractivity contribution is 5.88. The Morgan fingerprint density at radius 2 is 2.00 bits per heavy atom. The van der Waals surface area contributed by atoms with Crippen LogP contribution in [0.5, 0.6) is 0 Å². The third kappa shape index (κ3) is 5.05. The summed E-state index contributed by atoms with van der Waals surface area (Å²) in [4.78, 5) is 23.7. The number of rotatable bonds is 6. The molecule has 0 radical (unpaired) electrons. The van der Waals surface area contributed by atoms with Crippen molar-refractivity contribution in [3.8, 4) is 0 Å². The summed E-state index contributed by atoms with van der Waals surface area (Å²) in [5.41, 5.74) is 0.0230. The Bertz CT molecular complexity index is 774. The lowest BCUT2D eigenvalue weighted by molar-refractivity contribution is -0.175. The van der Waals surface area contributed by atoms with Crippen LogP contribution in [0.15, 0.2) is 29.1 Å². The largest absolute Gasteiger partial charge is 0.411 e. The number of hydrogen-bond acceptors (Lipinski definition) is 4. The van der Waals surface area contributed by atoms with Gasteiger partial charge in [-0.15, -0.1) is 0 Å². The van der Waals surface area contributed by atoms with E-state index in [0.29, 0.717) is 16.5 Å². The van der Waals surface area contributed by atoms with Gasteiger partial charge in [-0.1, -0.05) is 18.2 Å². The van der Waals surface area contributed by atoms with Gasteiger partial charge in [0.1, 0.15) is 6.61 Å². The van der Waals surface area contributed by atoms with Gasteiger partial charge in [0.05, 0.1) is 24.1 Å². The minimum absolute atomic E-state index is 0.110. The van der Waals surface area contributed by atoms with E-state index in [9.17, 15) is 22.8 Å². The molecule has 1 aromatic carbocycles. The number of hydrogen-bond donors (Lipinski definition) is 2. The molecule has 0 fully saturated rings. The summed E-state index contributed by atoms with van der Waals surface area (Å²) >= 11 is 0. The molecule has 2 aromatic rings. The number of aromatic nitrogens is 2. The molecular weight excluding hydrogens is 327 g/mol. The normalized spacial score (nSPS) is 13.0. The molecule has 24 heavy (non-hydrogen) atoms. The van der Waals surface area contributed by atoms with Gasteiger partial charge in [0, 0.05) is 11.4 Å². The van der Waals surface area contributed by atoms with E-state index in [1.165, 1.54) is 6.92 Å². The second-order valence-electron chi connectivity index (χ2n) is 5.32. The molecule has 0 spiro atoms. The average molecular weight is 343 g/mol. The van der Waals surface area contributed by atoms with Crippen LogP contribution in [0.4, 0.5) is 13.2 Å². The Kier molecular flexibility index (Phi) is 5.55. The summed E-state index contributed by atoms with van der Waals surface area (Å²) in [7, 11) is 0. The first-order valence-electron chi connectivity index (χ1n) is 7.16. The van der Waals surface area contributed by atoms with Gasteiger partial charge in [-0.2, -0.15) is 18.3 Å². The molecule has 1 atom stereocenters. The summed E-state index contributed by atoms with van der Waals surface area (Å²) < 4.78 is 40.5. The predicted octanol–water partition coefficient (Wildman–Crippen LogP) is 1.55. The molecule has 1 heterocycles. The van der Waals surface area contributed by atoms with Crippen LogP contribution in [0, 0.1) is 0 Å². The summed E-state index contributed by atoms with van der Waals surface area (Å²) in [6.07, 6.45) is -4.51. The predicted molar refractivity (Wildman–Crippen MR) is 80.5 cm³/mol. The van der Waals surface area contributed by atoms with E-state index in [2.05, 4.69) is 20.3 Å². The number of carbonyl (C=O) groups is 1. The zero-order chi connectivity index (χ0) is 17.7. The molecule has 0 saturated heterocycles. The van der Waals surface area contributed by atoms with Gasteiger partial charge in [-0.3, -0.25) is 9.59 Å². The molecule has 0 aliphatic heterocycles. The second-order valence-corrected chi connectivity index (χ2v) is 5.32. The summed E-state index contributed by atoms with van der Waals surface area (Å²) in [5, 5.41) is 9.68. The van der Waals surface area contributed by atoms with E-state index in [1.807, 2.05) is 0 Å². The summed E-state index contributed by atoms with van der Waals surface area (Å²) in [6.45, 7) is -0.0863. The van der Waals surface area contributed by atoms with Crippen molar-refractivity contribution in [1.82, 2.24) is 15.5 Å². The average Bonchev–Trinajstić information content (AvgIpc) is 2.49. The van der Waals surface area contributed by atoms with Gasteiger partial charge >= 0.3 is 6.18 Å². The molecule has 0 aliphatic rings. The van der Waals surface area contributed by atoms with E-state index >= 15 is 0 Å². The van der Waals surface area contributed by atoms with Crippen molar-refractivity contribution < 1.29 is 22.7 Å². The lowest BCUT2D eigenvalue weighted by Crippen LogP contribution is -2.38. The third-order valence-corrected chi connectivity index (χ3v) is 3.14. The highest BCUT2D eigenvalue weighted by Crippen LogP contribution is 2.15. The Morgan fingerprint density at radius 3 is 2.67 bits per heavy atom. The van der Waals surface area contributed by atoms with Gasteiger partial charge < -0.3 is 10.1 Å². The number of fused-ring (bicyclic) bond motifs is 1. The lowest BCUT2D eigenvalue weighted by atomic mass is 10.1. The van der Waals surface area contributed by atoms with E-state index in [-0.39, 0.29) is 18.6 Å². The minimum atomic E-state index is -4.40. The minimum Gasteiger partial charge on any atom is -0.370 e. The van der Waals surface area contributed by atoms with Crippen LogP contribution in [0.25, 0.3) is 10.8 Å². The van der Waals surface area contributed by atoms with E-state index in [4.69, 9.17) is 0 Å². The molecule has 1 amide bonds. The second kappa shape index (κ2) is 7.43. The number of nitrogens with one attached hydrogen (secondary N) is 2. The molecule has 6 nitrogen and oxygen atoms in total. The zero-order valence-corrected chi connectivity index (χ0v) is 12.8. The zero-order valence-electron chi connectivity index (χ0n) is 12.8. The molecule has 130 valence electrons. The molecule has 0 aliphatic carbocycles. The first-order valence-corrected chi connectivity index (χ1v) is 7.16. The number of benzene rings is 1. The van der Waals surface area contributed by atoms with Crippen LogP contribution in [-0.2, 0) is 16.0 Å². The number of aromatic amines is 1. The van der Waals surface area contributed by atoms with Crippen LogP contribution in [0.1, 0.15) is 12.6 Å². The van der Waals surface area contributed by atoms with Crippen LogP contribution in [-0.4, -0.2) is 41.5 Å². The molecule has 0 saturated carbocycles. The number of alkyl halides is 3.